The number of ketones is 1. The lowest BCUT2D eigenvalue weighted by atomic mass is 9.71. The van der Waals surface area contributed by atoms with Gasteiger partial charge in [-0.3, -0.25) is 4.79 Å². The third kappa shape index (κ3) is 2.11. The number of Topliss-reactive ketones (excluding diaryl/α,β-unsaturated/α-hetero) is 1. The van der Waals surface area contributed by atoms with E-state index in [1.807, 2.05) is 11.4 Å². The van der Waals surface area contributed by atoms with Crippen molar-refractivity contribution in [2.75, 3.05) is 0 Å². The summed E-state index contributed by atoms with van der Waals surface area (Å²) in [6, 6.07) is 1.86. The summed E-state index contributed by atoms with van der Waals surface area (Å²) in [5, 5.41) is 1.89. The van der Waals surface area contributed by atoms with Gasteiger partial charge in [0, 0.05) is 11.0 Å². The molecule has 2 rings (SSSR count). The van der Waals surface area contributed by atoms with Crippen LogP contribution in [-0.2, 0) is 0 Å². The molecule has 82 valence electrons. The van der Waals surface area contributed by atoms with Gasteiger partial charge in [-0.1, -0.05) is 37.8 Å². The number of halogens is 1. The monoisotopic (exact) mass is 242 g/mol. The minimum atomic E-state index is -0.164. The molecule has 1 heterocycles. The van der Waals surface area contributed by atoms with E-state index in [9.17, 15) is 4.79 Å². The van der Waals surface area contributed by atoms with E-state index in [1.54, 1.807) is 0 Å². The first-order chi connectivity index (χ1) is 7.13. The van der Waals surface area contributed by atoms with E-state index < -0.39 is 0 Å². The van der Waals surface area contributed by atoms with Gasteiger partial charge in [0.15, 0.2) is 5.78 Å². The SMILES string of the molecule is CC1(C(=O)c2ccsc2Cl)CCCCC1. The molecular weight excluding hydrogens is 228 g/mol. The van der Waals surface area contributed by atoms with Crippen molar-refractivity contribution in [3.63, 3.8) is 0 Å². The Bertz CT molecular complexity index is 363. The van der Waals surface area contributed by atoms with Gasteiger partial charge >= 0.3 is 0 Å². The topological polar surface area (TPSA) is 17.1 Å². The number of carbonyl (C=O) groups excluding carboxylic acids is 1. The molecular formula is C12H15ClOS. The van der Waals surface area contributed by atoms with Crippen LogP contribution >= 0.6 is 22.9 Å². The zero-order valence-electron chi connectivity index (χ0n) is 8.88. The van der Waals surface area contributed by atoms with Gasteiger partial charge in [0.1, 0.15) is 4.34 Å². The van der Waals surface area contributed by atoms with Crippen molar-refractivity contribution < 1.29 is 4.79 Å². The summed E-state index contributed by atoms with van der Waals surface area (Å²) in [5.74, 6) is 0.244. The molecule has 1 fully saturated rings. The lowest BCUT2D eigenvalue weighted by Crippen LogP contribution is -2.30. The van der Waals surface area contributed by atoms with Crippen molar-refractivity contribution in [3.05, 3.63) is 21.3 Å². The van der Waals surface area contributed by atoms with Gasteiger partial charge in [0.2, 0.25) is 0 Å². The largest absolute Gasteiger partial charge is 0.293 e. The average molecular weight is 243 g/mol. The molecule has 1 nitrogen and oxygen atoms in total. The molecule has 0 N–H and O–H groups in total. The maximum Gasteiger partial charge on any atom is 0.171 e. The smallest absolute Gasteiger partial charge is 0.171 e. The highest BCUT2D eigenvalue weighted by Crippen LogP contribution is 2.40. The van der Waals surface area contributed by atoms with Crippen LogP contribution in [0.5, 0.6) is 0 Å². The molecule has 0 spiro atoms. The standard InChI is InChI=1S/C12H15ClOS/c1-12(6-3-2-4-7-12)10(14)9-5-8-15-11(9)13/h5,8H,2-4,6-7H2,1H3. The third-order valence-electron chi connectivity index (χ3n) is 3.37. The molecule has 1 saturated carbocycles. The zero-order valence-corrected chi connectivity index (χ0v) is 10.5. The van der Waals surface area contributed by atoms with Gasteiger partial charge in [0.05, 0.1) is 0 Å². The van der Waals surface area contributed by atoms with Crippen molar-refractivity contribution in [2.24, 2.45) is 5.41 Å². The fourth-order valence-electron chi connectivity index (χ4n) is 2.34. The Morgan fingerprint density at radius 2 is 2.07 bits per heavy atom. The quantitative estimate of drug-likeness (QED) is 0.695. The Labute approximate surface area is 99.5 Å². The molecule has 0 radical (unpaired) electrons. The Hall–Kier alpha value is -0.340. The van der Waals surface area contributed by atoms with E-state index in [1.165, 1.54) is 30.6 Å². The van der Waals surface area contributed by atoms with Crippen LogP contribution in [0.1, 0.15) is 49.4 Å². The lowest BCUT2D eigenvalue weighted by Gasteiger charge is -2.31. The van der Waals surface area contributed by atoms with Crippen LogP contribution < -0.4 is 0 Å². The zero-order chi connectivity index (χ0) is 10.9. The molecule has 1 aromatic heterocycles. The van der Waals surface area contributed by atoms with Gasteiger partial charge in [0.25, 0.3) is 0 Å². The summed E-state index contributed by atoms with van der Waals surface area (Å²) in [7, 11) is 0. The highest BCUT2D eigenvalue weighted by Gasteiger charge is 2.36. The first kappa shape index (κ1) is 11.2. The number of thiophene rings is 1. The van der Waals surface area contributed by atoms with Crippen LogP contribution in [0.15, 0.2) is 11.4 Å². The molecule has 0 aliphatic heterocycles. The minimum Gasteiger partial charge on any atom is -0.293 e. The maximum absolute atomic E-state index is 12.3. The Morgan fingerprint density at radius 3 is 2.60 bits per heavy atom. The van der Waals surface area contributed by atoms with E-state index in [0.29, 0.717) is 4.34 Å². The van der Waals surface area contributed by atoms with Crippen LogP contribution in [0.4, 0.5) is 0 Å². The van der Waals surface area contributed by atoms with E-state index in [-0.39, 0.29) is 11.2 Å². The molecule has 0 saturated heterocycles. The van der Waals surface area contributed by atoms with Crippen molar-refractivity contribution >= 4 is 28.7 Å². The van der Waals surface area contributed by atoms with Gasteiger partial charge in [-0.25, -0.2) is 0 Å². The van der Waals surface area contributed by atoms with Crippen LogP contribution in [-0.4, -0.2) is 5.78 Å². The Balaban J connectivity index is 2.23. The summed E-state index contributed by atoms with van der Waals surface area (Å²) in [4.78, 5) is 12.3. The van der Waals surface area contributed by atoms with Crippen LogP contribution in [0.2, 0.25) is 4.34 Å². The van der Waals surface area contributed by atoms with Crippen LogP contribution in [0, 0.1) is 5.41 Å². The average Bonchev–Trinajstić information content (AvgIpc) is 2.64. The summed E-state index contributed by atoms with van der Waals surface area (Å²) >= 11 is 7.45. The summed E-state index contributed by atoms with van der Waals surface area (Å²) < 4.78 is 0.645. The van der Waals surface area contributed by atoms with Crippen molar-refractivity contribution in [3.8, 4) is 0 Å². The number of hydrogen-bond donors (Lipinski definition) is 0. The molecule has 0 aromatic carbocycles. The van der Waals surface area contributed by atoms with Crippen LogP contribution in [0.25, 0.3) is 0 Å². The maximum atomic E-state index is 12.3. The van der Waals surface area contributed by atoms with E-state index in [4.69, 9.17) is 11.6 Å². The summed E-state index contributed by atoms with van der Waals surface area (Å²) in [6.45, 7) is 2.09. The van der Waals surface area contributed by atoms with E-state index >= 15 is 0 Å². The van der Waals surface area contributed by atoms with E-state index in [0.717, 1.165) is 18.4 Å². The molecule has 0 atom stereocenters. The lowest BCUT2D eigenvalue weighted by molar-refractivity contribution is 0.0750. The molecule has 3 heteroatoms. The van der Waals surface area contributed by atoms with Crippen molar-refractivity contribution in [1.29, 1.82) is 0 Å². The van der Waals surface area contributed by atoms with Crippen molar-refractivity contribution in [1.82, 2.24) is 0 Å². The van der Waals surface area contributed by atoms with Gasteiger partial charge < -0.3 is 0 Å². The predicted octanol–water partition coefficient (Wildman–Crippen LogP) is 4.55. The second-order valence-electron chi connectivity index (χ2n) is 4.56. The second-order valence-corrected chi connectivity index (χ2v) is 6.08. The Morgan fingerprint density at radius 1 is 1.40 bits per heavy atom. The van der Waals surface area contributed by atoms with Crippen LogP contribution in [0.3, 0.4) is 0 Å². The number of rotatable bonds is 2. The first-order valence-corrected chi connectivity index (χ1v) is 6.67. The number of hydrogen-bond acceptors (Lipinski definition) is 2. The minimum absolute atomic E-state index is 0.164. The normalized spacial score (nSPS) is 20.1. The number of carbonyl (C=O) groups is 1. The highest BCUT2D eigenvalue weighted by molar-refractivity contribution is 7.14. The fourth-order valence-corrected chi connectivity index (χ4v) is 3.25. The van der Waals surface area contributed by atoms with Gasteiger partial charge in [-0.15, -0.1) is 11.3 Å². The first-order valence-electron chi connectivity index (χ1n) is 5.41. The molecule has 0 unspecified atom stereocenters. The third-order valence-corrected chi connectivity index (χ3v) is 4.54. The molecule has 0 bridgehead atoms. The molecule has 1 aliphatic carbocycles. The molecule has 15 heavy (non-hydrogen) atoms. The molecule has 1 aromatic rings. The van der Waals surface area contributed by atoms with Crippen molar-refractivity contribution in [2.45, 2.75) is 39.0 Å². The van der Waals surface area contributed by atoms with E-state index in [2.05, 4.69) is 6.92 Å². The fraction of sp³-hybridized carbons (Fsp3) is 0.583. The van der Waals surface area contributed by atoms with Gasteiger partial charge in [-0.2, -0.15) is 0 Å². The predicted molar refractivity (Wildman–Crippen MR) is 64.9 cm³/mol. The highest BCUT2D eigenvalue weighted by atomic mass is 35.5. The molecule has 0 amide bonds. The Kier molecular flexibility index (Phi) is 3.17. The second kappa shape index (κ2) is 4.26. The van der Waals surface area contributed by atoms with Gasteiger partial charge in [-0.05, 0) is 24.3 Å². The molecule has 1 aliphatic rings. The summed E-state index contributed by atoms with van der Waals surface area (Å²) in [6.07, 6.45) is 5.63. The summed E-state index contributed by atoms with van der Waals surface area (Å²) in [5.41, 5.74) is 0.564.